The summed E-state index contributed by atoms with van der Waals surface area (Å²) in [6.07, 6.45) is 4.14. The molecule has 0 saturated heterocycles. The van der Waals surface area contributed by atoms with Crippen molar-refractivity contribution in [3.8, 4) is 0 Å². The molecule has 0 aliphatic rings. The third kappa shape index (κ3) is 3.71. The van der Waals surface area contributed by atoms with E-state index in [0.29, 0.717) is 0 Å². The molecule has 0 saturated carbocycles. The van der Waals surface area contributed by atoms with Crippen molar-refractivity contribution in [2.45, 2.75) is 70.7 Å². The molecule has 0 aliphatic heterocycles. The van der Waals surface area contributed by atoms with Crippen LogP contribution in [0.5, 0.6) is 0 Å². The molecule has 2 unspecified atom stereocenters. The minimum atomic E-state index is -2.40. The zero-order valence-electron chi connectivity index (χ0n) is 10.1. The molecular weight excluding hydrogens is 192 g/mol. The molecule has 2 atom stereocenters. The summed E-state index contributed by atoms with van der Waals surface area (Å²) in [5.74, 6) is 0. The van der Waals surface area contributed by atoms with Crippen LogP contribution in [0, 0.1) is 0 Å². The van der Waals surface area contributed by atoms with Crippen LogP contribution in [-0.4, -0.2) is 23.9 Å². The van der Waals surface area contributed by atoms with Gasteiger partial charge >= 0.3 is 0 Å². The molecule has 0 rings (SSSR count). The molecule has 14 heavy (non-hydrogen) atoms. The predicted molar refractivity (Wildman–Crippen MR) is 63.7 cm³/mol. The van der Waals surface area contributed by atoms with E-state index in [1.807, 2.05) is 20.8 Å². The third-order valence-corrected chi connectivity index (χ3v) is 7.80. The van der Waals surface area contributed by atoms with Crippen molar-refractivity contribution in [3.05, 3.63) is 0 Å². The summed E-state index contributed by atoms with van der Waals surface area (Å²) >= 11 is 0. The van der Waals surface area contributed by atoms with Crippen LogP contribution in [0.1, 0.15) is 53.4 Å². The van der Waals surface area contributed by atoms with Gasteiger partial charge in [-0.3, -0.25) is 0 Å². The predicted octanol–water partition coefficient (Wildman–Crippen LogP) is 2.83. The highest BCUT2D eigenvalue weighted by molar-refractivity contribution is 6.74. The molecule has 0 aromatic heterocycles. The second-order valence-electron chi connectivity index (χ2n) is 4.51. The number of aliphatic hydroxyl groups excluding tert-OH is 1. The smallest absolute Gasteiger partial charge is 0.218 e. The van der Waals surface area contributed by atoms with Crippen molar-refractivity contribution < 1.29 is 9.90 Å². The van der Waals surface area contributed by atoms with Gasteiger partial charge in [0.05, 0.1) is 5.73 Å². The first kappa shape index (κ1) is 14.1. The number of unbranched alkanes of at least 4 members (excludes halogenated alkanes) is 2. The van der Waals surface area contributed by atoms with E-state index in [4.69, 9.17) is 0 Å². The Bertz CT molecular complexity index is 150. The van der Waals surface area contributed by atoms with Crippen LogP contribution < -0.4 is 0 Å². The van der Waals surface area contributed by atoms with Crippen LogP contribution in [0.4, 0.5) is 0 Å². The van der Waals surface area contributed by atoms with E-state index in [0.717, 1.165) is 25.3 Å². The highest BCUT2D eigenvalue weighted by atomic mass is 28.4. The van der Waals surface area contributed by atoms with Gasteiger partial charge in [0.15, 0.2) is 0 Å². The molecular formula is C11H26O2Si. The molecule has 2 N–H and O–H groups in total. The van der Waals surface area contributed by atoms with E-state index in [9.17, 15) is 9.90 Å². The van der Waals surface area contributed by atoms with Gasteiger partial charge in [-0.15, -0.1) is 0 Å². The summed E-state index contributed by atoms with van der Waals surface area (Å²) < 4.78 is 0. The first-order valence-electron chi connectivity index (χ1n) is 5.89. The van der Waals surface area contributed by atoms with Gasteiger partial charge in [-0.25, -0.2) is 0 Å². The van der Waals surface area contributed by atoms with Crippen molar-refractivity contribution in [2.75, 3.05) is 0 Å². The maximum Gasteiger partial charge on any atom is 0.218 e. The number of hydrogen-bond donors (Lipinski definition) is 2. The zero-order valence-corrected chi connectivity index (χ0v) is 11.1. The first-order valence-corrected chi connectivity index (χ1v) is 8.20. The van der Waals surface area contributed by atoms with Crippen molar-refractivity contribution in [1.29, 1.82) is 0 Å². The monoisotopic (exact) mass is 218 g/mol. The fourth-order valence-electron chi connectivity index (χ4n) is 1.87. The summed E-state index contributed by atoms with van der Waals surface area (Å²) in [6.45, 7) is 8.20. The van der Waals surface area contributed by atoms with Crippen LogP contribution in [0.3, 0.4) is 0 Å². The second-order valence-corrected chi connectivity index (χ2v) is 9.02. The quantitative estimate of drug-likeness (QED) is 0.509. The SMILES string of the molecule is CCCCCC(O)[Si](O)(CC)C(C)C. The van der Waals surface area contributed by atoms with Gasteiger partial charge in [0, 0.05) is 0 Å². The minimum absolute atomic E-state index is 0.254. The first-order chi connectivity index (χ1) is 6.49. The van der Waals surface area contributed by atoms with Gasteiger partial charge in [0.2, 0.25) is 8.32 Å². The Kier molecular flexibility index (Phi) is 6.65. The highest BCUT2D eigenvalue weighted by Crippen LogP contribution is 2.27. The van der Waals surface area contributed by atoms with Gasteiger partial charge in [-0.1, -0.05) is 47.0 Å². The van der Waals surface area contributed by atoms with E-state index in [-0.39, 0.29) is 5.54 Å². The van der Waals surface area contributed by atoms with Crippen molar-refractivity contribution in [2.24, 2.45) is 0 Å². The standard InChI is InChI=1S/C11H26O2Si/c1-5-7-8-9-11(12)14(13,6-2)10(3)4/h10-13H,5-9H2,1-4H3. The van der Waals surface area contributed by atoms with Crippen LogP contribution in [0.15, 0.2) is 0 Å². The second kappa shape index (κ2) is 6.59. The molecule has 0 spiro atoms. The molecule has 0 aromatic rings. The number of hydrogen-bond acceptors (Lipinski definition) is 2. The third-order valence-electron chi connectivity index (χ3n) is 3.22. The molecule has 0 amide bonds. The Morgan fingerprint density at radius 1 is 1.14 bits per heavy atom. The maximum atomic E-state index is 10.4. The normalized spacial score (nSPS) is 18.2. The average molecular weight is 218 g/mol. The van der Waals surface area contributed by atoms with Crippen LogP contribution in [0.2, 0.25) is 11.6 Å². The molecule has 0 radical (unpaired) electrons. The van der Waals surface area contributed by atoms with E-state index in [1.165, 1.54) is 6.42 Å². The van der Waals surface area contributed by atoms with Crippen molar-refractivity contribution in [3.63, 3.8) is 0 Å². The lowest BCUT2D eigenvalue weighted by Gasteiger charge is -2.32. The maximum absolute atomic E-state index is 10.4. The molecule has 0 fully saturated rings. The van der Waals surface area contributed by atoms with Crippen LogP contribution in [-0.2, 0) is 0 Å². The molecule has 0 aromatic carbocycles. The Labute approximate surface area is 89.5 Å². The van der Waals surface area contributed by atoms with Gasteiger partial charge in [0.1, 0.15) is 0 Å². The fourth-order valence-corrected chi connectivity index (χ4v) is 4.63. The summed E-state index contributed by atoms with van der Waals surface area (Å²) in [5, 5.41) is 9.98. The van der Waals surface area contributed by atoms with Gasteiger partial charge in [-0.05, 0) is 18.0 Å². The fraction of sp³-hybridized carbons (Fsp3) is 1.00. The summed E-state index contributed by atoms with van der Waals surface area (Å²) in [4.78, 5) is 10.4. The lowest BCUT2D eigenvalue weighted by molar-refractivity contribution is 0.200. The van der Waals surface area contributed by atoms with Crippen molar-refractivity contribution in [1.82, 2.24) is 0 Å². The largest absolute Gasteiger partial charge is 0.429 e. The van der Waals surface area contributed by atoms with Gasteiger partial charge < -0.3 is 9.90 Å². The van der Waals surface area contributed by atoms with E-state index >= 15 is 0 Å². The molecule has 0 bridgehead atoms. The molecule has 0 aliphatic carbocycles. The van der Waals surface area contributed by atoms with E-state index in [2.05, 4.69) is 6.92 Å². The zero-order chi connectivity index (χ0) is 11.2. The highest BCUT2D eigenvalue weighted by Gasteiger charge is 2.40. The van der Waals surface area contributed by atoms with E-state index in [1.54, 1.807) is 0 Å². The summed E-state index contributed by atoms with van der Waals surface area (Å²) in [7, 11) is -2.40. The molecule has 2 nitrogen and oxygen atoms in total. The lowest BCUT2D eigenvalue weighted by Crippen LogP contribution is -2.50. The number of aliphatic hydroxyl groups is 1. The van der Waals surface area contributed by atoms with Gasteiger partial charge in [-0.2, -0.15) is 0 Å². The molecule has 0 heterocycles. The van der Waals surface area contributed by atoms with Crippen LogP contribution >= 0.6 is 0 Å². The Balaban J connectivity index is 4.10. The Morgan fingerprint density at radius 2 is 1.71 bits per heavy atom. The average Bonchev–Trinajstić information content (AvgIpc) is 2.16. The molecule has 86 valence electrons. The van der Waals surface area contributed by atoms with E-state index < -0.39 is 14.0 Å². The Morgan fingerprint density at radius 3 is 2.07 bits per heavy atom. The minimum Gasteiger partial charge on any atom is -0.429 e. The lowest BCUT2D eigenvalue weighted by atomic mass is 10.2. The number of rotatable bonds is 7. The summed E-state index contributed by atoms with van der Waals surface area (Å²) in [5.41, 5.74) is -0.178. The van der Waals surface area contributed by atoms with Crippen molar-refractivity contribution >= 4 is 8.32 Å². The summed E-state index contributed by atoms with van der Waals surface area (Å²) in [6, 6.07) is 0.762. The molecule has 3 heteroatoms. The van der Waals surface area contributed by atoms with Gasteiger partial charge in [0.25, 0.3) is 0 Å². The Hall–Kier alpha value is 0.137. The van der Waals surface area contributed by atoms with Crippen LogP contribution in [0.25, 0.3) is 0 Å². The topological polar surface area (TPSA) is 40.5 Å².